The van der Waals surface area contributed by atoms with Gasteiger partial charge < -0.3 is 9.80 Å². The van der Waals surface area contributed by atoms with Gasteiger partial charge in [-0.25, -0.2) is 0 Å². The first-order chi connectivity index (χ1) is 28.5. The van der Waals surface area contributed by atoms with Gasteiger partial charge in [-0.2, -0.15) is 0 Å². The van der Waals surface area contributed by atoms with Crippen LogP contribution in [0.3, 0.4) is 0 Å². The Hall–Kier alpha value is -6.72. The molecule has 0 spiro atoms. The smallest absolute Gasteiger partial charge is 0.113 e. The predicted molar refractivity (Wildman–Crippen MR) is 255 cm³/mol. The van der Waals surface area contributed by atoms with Crippen LogP contribution in [-0.4, -0.2) is 8.07 Å². The number of anilines is 6. The molecule has 4 heteroatoms. The summed E-state index contributed by atoms with van der Waals surface area (Å²) in [6.07, 6.45) is 0. The normalized spacial score (nSPS) is 13.1. The number of rotatable bonds is 6. The average Bonchev–Trinajstić information content (AvgIpc) is 3.77. The highest BCUT2D eigenvalue weighted by molar-refractivity contribution is 7.26. The molecule has 0 saturated carbocycles. The molecule has 0 unspecified atom stereocenters. The van der Waals surface area contributed by atoms with Crippen LogP contribution in [0, 0.1) is 0 Å². The van der Waals surface area contributed by atoms with E-state index in [1.54, 1.807) is 0 Å². The van der Waals surface area contributed by atoms with Crippen molar-refractivity contribution < 1.29 is 0 Å². The highest BCUT2D eigenvalue weighted by Crippen LogP contribution is 2.50. The van der Waals surface area contributed by atoms with Crippen molar-refractivity contribution in [3.8, 4) is 11.1 Å². The van der Waals surface area contributed by atoms with Crippen LogP contribution in [0.2, 0.25) is 13.1 Å². The van der Waals surface area contributed by atoms with Gasteiger partial charge in [0.2, 0.25) is 0 Å². The minimum Gasteiger partial charge on any atom is -0.310 e. The van der Waals surface area contributed by atoms with E-state index in [0.29, 0.717) is 0 Å². The fourth-order valence-corrected chi connectivity index (χ4v) is 14.2. The molecule has 0 radical (unpaired) electrons. The summed E-state index contributed by atoms with van der Waals surface area (Å²) in [6, 6.07) is 72.3. The first-order valence-electron chi connectivity index (χ1n) is 20.1. The van der Waals surface area contributed by atoms with Crippen LogP contribution in [0.25, 0.3) is 63.6 Å². The molecule has 58 heavy (non-hydrogen) atoms. The van der Waals surface area contributed by atoms with Crippen LogP contribution in [-0.2, 0) is 0 Å². The molecular weight excluding hydrogens is 737 g/mol. The number of benzene rings is 10. The second-order valence-corrected chi connectivity index (χ2v) is 21.5. The molecule has 12 rings (SSSR count). The Bertz CT molecular complexity index is 3390. The zero-order valence-electron chi connectivity index (χ0n) is 32.3. The molecule has 0 N–H and O–H groups in total. The van der Waals surface area contributed by atoms with E-state index in [9.17, 15) is 0 Å². The lowest BCUT2D eigenvalue weighted by Gasteiger charge is -2.30. The van der Waals surface area contributed by atoms with Crippen LogP contribution >= 0.6 is 11.3 Å². The lowest BCUT2D eigenvalue weighted by atomic mass is 9.91. The van der Waals surface area contributed by atoms with Gasteiger partial charge in [0, 0.05) is 43.3 Å². The van der Waals surface area contributed by atoms with Crippen molar-refractivity contribution >= 4 is 116 Å². The van der Waals surface area contributed by atoms with Gasteiger partial charge in [0.15, 0.2) is 0 Å². The zero-order chi connectivity index (χ0) is 38.5. The molecule has 0 fully saturated rings. The first-order valence-corrected chi connectivity index (χ1v) is 23.9. The molecule has 0 amide bonds. The van der Waals surface area contributed by atoms with E-state index in [1.807, 2.05) is 11.3 Å². The Morgan fingerprint density at radius 3 is 1.67 bits per heavy atom. The molecule has 0 bridgehead atoms. The summed E-state index contributed by atoms with van der Waals surface area (Å²) in [5.41, 5.74) is 9.84. The van der Waals surface area contributed by atoms with Crippen molar-refractivity contribution in [2.45, 2.75) is 13.1 Å². The summed E-state index contributed by atoms with van der Waals surface area (Å²) in [5.74, 6) is 0. The molecule has 0 aliphatic carbocycles. The van der Waals surface area contributed by atoms with Gasteiger partial charge in [-0.15, -0.1) is 11.3 Å². The van der Waals surface area contributed by atoms with E-state index >= 15 is 0 Å². The Morgan fingerprint density at radius 1 is 0.379 bits per heavy atom. The molecule has 2 heterocycles. The Labute approximate surface area is 342 Å². The second kappa shape index (κ2) is 12.6. The predicted octanol–water partition coefficient (Wildman–Crippen LogP) is 14.7. The van der Waals surface area contributed by atoms with Gasteiger partial charge in [-0.3, -0.25) is 0 Å². The maximum Gasteiger partial charge on any atom is 0.113 e. The summed E-state index contributed by atoms with van der Waals surface area (Å²) < 4.78 is 2.60. The van der Waals surface area contributed by atoms with Crippen LogP contribution in [0.5, 0.6) is 0 Å². The maximum atomic E-state index is 2.50. The summed E-state index contributed by atoms with van der Waals surface area (Å²) in [6.45, 7) is 5.00. The SMILES string of the molecule is C[Si]1(C)c2ccccc2-c2ccc(N(c3ccccc3)c3ccc4ccc5c(N(c6ccccc6)c6cccc7c6sc6ccccc67)ccc6ccc3c4c65)cc21. The number of hydrogen-bond donors (Lipinski definition) is 0. The van der Waals surface area contributed by atoms with Crippen LogP contribution < -0.4 is 20.2 Å². The van der Waals surface area contributed by atoms with Gasteiger partial charge in [-0.1, -0.05) is 147 Å². The summed E-state index contributed by atoms with van der Waals surface area (Å²) >= 11 is 1.88. The average molecular weight is 775 g/mol. The summed E-state index contributed by atoms with van der Waals surface area (Å²) in [7, 11) is -1.90. The van der Waals surface area contributed by atoms with E-state index in [2.05, 4.69) is 217 Å². The van der Waals surface area contributed by atoms with Crippen molar-refractivity contribution in [1.29, 1.82) is 0 Å². The highest BCUT2D eigenvalue weighted by atomic mass is 32.1. The molecule has 0 atom stereocenters. The minimum absolute atomic E-state index is 1.14. The molecule has 1 aliphatic heterocycles. The van der Waals surface area contributed by atoms with Gasteiger partial charge in [0.25, 0.3) is 0 Å². The number of fused-ring (bicyclic) bond motifs is 6. The fraction of sp³-hybridized carbons (Fsp3) is 0.0370. The number of para-hydroxylation sites is 2. The van der Waals surface area contributed by atoms with Crippen molar-refractivity contribution in [3.63, 3.8) is 0 Å². The minimum atomic E-state index is -1.90. The Balaban J connectivity index is 1.10. The number of thiophene rings is 1. The van der Waals surface area contributed by atoms with Gasteiger partial charge in [0.05, 0.1) is 21.8 Å². The third-order valence-electron chi connectivity index (χ3n) is 12.6. The third kappa shape index (κ3) is 4.83. The molecule has 1 aliphatic rings. The van der Waals surface area contributed by atoms with Crippen molar-refractivity contribution in [2.24, 2.45) is 0 Å². The largest absolute Gasteiger partial charge is 0.310 e. The van der Waals surface area contributed by atoms with E-state index in [4.69, 9.17) is 0 Å². The van der Waals surface area contributed by atoms with E-state index in [-0.39, 0.29) is 0 Å². The quantitative estimate of drug-likeness (QED) is 0.123. The lowest BCUT2D eigenvalue weighted by Crippen LogP contribution is -2.49. The van der Waals surface area contributed by atoms with E-state index < -0.39 is 8.07 Å². The fourth-order valence-electron chi connectivity index (χ4n) is 9.89. The number of nitrogens with zero attached hydrogens (tertiary/aromatic N) is 2. The molecule has 11 aromatic rings. The van der Waals surface area contributed by atoms with E-state index in [1.165, 1.54) is 96.7 Å². The molecule has 2 nitrogen and oxygen atoms in total. The van der Waals surface area contributed by atoms with E-state index in [0.717, 1.165) is 11.4 Å². The summed E-state index contributed by atoms with van der Waals surface area (Å²) in [4.78, 5) is 4.97. The van der Waals surface area contributed by atoms with Gasteiger partial charge >= 0.3 is 0 Å². The molecule has 274 valence electrons. The lowest BCUT2D eigenvalue weighted by molar-refractivity contribution is 1.30. The van der Waals surface area contributed by atoms with Crippen LogP contribution in [0.4, 0.5) is 34.1 Å². The van der Waals surface area contributed by atoms with Crippen molar-refractivity contribution in [2.75, 3.05) is 9.80 Å². The highest BCUT2D eigenvalue weighted by Gasteiger charge is 2.37. The third-order valence-corrected chi connectivity index (χ3v) is 17.3. The standard InChI is InChI=1S/C54H38N2SSi/c1-58(2)50-23-12-10-19-41(50)42-31-28-39(34-51(42)58)55(37-14-5-3-6-15-37)46-32-26-35-25-30-45-47(33-27-36-24-29-44(46)52(35)53(36)45)56(38-16-7-4-8-17-38)48-21-13-20-43-40-18-9-11-22-49(40)57-54(43)48/h3-34H,1-2H3. The van der Waals surface area contributed by atoms with Crippen LogP contribution in [0.15, 0.2) is 194 Å². The van der Waals surface area contributed by atoms with Gasteiger partial charge in [0.1, 0.15) is 8.07 Å². The van der Waals surface area contributed by atoms with Gasteiger partial charge in [-0.05, 0) is 104 Å². The van der Waals surface area contributed by atoms with Crippen LogP contribution in [0.1, 0.15) is 0 Å². The molecule has 10 aromatic carbocycles. The molecular formula is C54H38N2SSi. The topological polar surface area (TPSA) is 6.48 Å². The Morgan fingerprint density at radius 2 is 0.948 bits per heavy atom. The first kappa shape index (κ1) is 33.4. The van der Waals surface area contributed by atoms with Crippen molar-refractivity contribution in [1.82, 2.24) is 0 Å². The molecule has 1 aromatic heterocycles. The summed E-state index contributed by atoms with van der Waals surface area (Å²) in [5, 5.41) is 13.2. The molecule has 0 saturated heterocycles. The van der Waals surface area contributed by atoms with Crippen molar-refractivity contribution in [3.05, 3.63) is 194 Å². The maximum absolute atomic E-state index is 2.50. The second-order valence-electron chi connectivity index (χ2n) is 16.1. The Kier molecular flexibility index (Phi) is 7.28. The zero-order valence-corrected chi connectivity index (χ0v) is 34.1. The number of hydrogen-bond acceptors (Lipinski definition) is 3. The monoisotopic (exact) mass is 774 g/mol.